The van der Waals surface area contributed by atoms with Crippen LogP contribution in [0.25, 0.3) is 0 Å². The largest absolute Gasteiger partial charge is 0.314 e. The topological polar surface area (TPSA) is 24.9 Å². The summed E-state index contributed by atoms with van der Waals surface area (Å²) in [6, 6.07) is 2.68. The maximum Gasteiger partial charge on any atom is 0.0302 e. The minimum absolute atomic E-state index is 0.601. The van der Waals surface area contributed by atoms with Crippen LogP contribution in [0.2, 0.25) is 0 Å². The van der Waals surface area contributed by atoms with Gasteiger partial charge in [0.15, 0.2) is 0 Å². The molecule has 0 amide bonds. The highest BCUT2D eigenvalue weighted by Crippen LogP contribution is 2.09. The monoisotopic (exact) mass is 206 g/mol. The number of rotatable bonds is 6. The molecule has 0 aliphatic carbocycles. The van der Waals surface area contributed by atoms with Gasteiger partial charge in [-0.05, 0) is 56.8 Å². The van der Waals surface area contributed by atoms with E-state index in [4.69, 9.17) is 0 Å². The predicted octanol–water partition coefficient (Wildman–Crippen LogP) is 2.71. The predicted molar refractivity (Wildman–Crippen MR) is 65.1 cm³/mol. The molecule has 0 saturated heterocycles. The zero-order chi connectivity index (χ0) is 11.1. The van der Waals surface area contributed by atoms with Gasteiger partial charge in [-0.3, -0.25) is 4.98 Å². The van der Waals surface area contributed by atoms with Crippen LogP contribution in [0.1, 0.15) is 37.8 Å². The Morgan fingerprint density at radius 2 is 2.27 bits per heavy atom. The molecule has 0 fully saturated rings. The van der Waals surface area contributed by atoms with Gasteiger partial charge in [0.1, 0.15) is 0 Å². The van der Waals surface area contributed by atoms with Gasteiger partial charge in [0.05, 0.1) is 0 Å². The van der Waals surface area contributed by atoms with Crippen LogP contribution in [-0.2, 0) is 6.42 Å². The molecular formula is C13H22N2. The molecule has 0 spiro atoms. The molecule has 15 heavy (non-hydrogen) atoms. The number of aryl methyl sites for hydroxylation is 2. The highest BCUT2D eigenvalue weighted by molar-refractivity contribution is 5.21. The van der Waals surface area contributed by atoms with Crippen LogP contribution in [0.4, 0.5) is 0 Å². The van der Waals surface area contributed by atoms with Crippen molar-refractivity contribution >= 4 is 0 Å². The molecule has 1 N–H and O–H groups in total. The van der Waals surface area contributed by atoms with Gasteiger partial charge in [0.2, 0.25) is 0 Å². The summed E-state index contributed by atoms with van der Waals surface area (Å²) in [5.41, 5.74) is 2.73. The van der Waals surface area contributed by atoms with Gasteiger partial charge in [0, 0.05) is 18.4 Å². The molecule has 1 aromatic rings. The first-order chi connectivity index (χ1) is 7.24. The van der Waals surface area contributed by atoms with Crippen LogP contribution in [0, 0.1) is 6.92 Å². The third-order valence-corrected chi connectivity index (χ3v) is 2.74. The van der Waals surface area contributed by atoms with Crippen molar-refractivity contribution in [2.75, 3.05) is 6.54 Å². The zero-order valence-electron chi connectivity index (χ0n) is 10.1. The average molecular weight is 206 g/mol. The van der Waals surface area contributed by atoms with Crippen molar-refractivity contribution in [1.82, 2.24) is 10.3 Å². The zero-order valence-corrected chi connectivity index (χ0v) is 10.1. The van der Waals surface area contributed by atoms with Gasteiger partial charge >= 0.3 is 0 Å². The summed E-state index contributed by atoms with van der Waals surface area (Å²) in [5.74, 6) is 0. The first-order valence-corrected chi connectivity index (χ1v) is 5.87. The number of nitrogens with zero attached hydrogens (tertiary/aromatic N) is 1. The molecule has 2 heteroatoms. The van der Waals surface area contributed by atoms with E-state index < -0.39 is 0 Å². The van der Waals surface area contributed by atoms with E-state index in [1.54, 1.807) is 0 Å². The van der Waals surface area contributed by atoms with Crippen molar-refractivity contribution in [3.63, 3.8) is 0 Å². The van der Waals surface area contributed by atoms with Gasteiger partial charge in [-0.25, -0.2) is 0 Å². The molecule has 1 atom stereocenters. The average Bonchev–Trinajstić information content (AvgIpc) is 2.25. The summed E-state index contributed by atoms with van der Waals surface area (Å²) < 4.78 is 0. The van der Waals surface area contributed by atoms with Crippen molar-refractivity contribution in [2.45, 2.75) is 46.1 Å². The van der Waals surface area contributed by atoms with Gasteiger partial charge in [-0.1, -0.05) is 6.92 Å². The maximum absolute atomic E-state index is 4.17. The maximum atomic E-state index is 4.17. The highest BCUT2D eigenvalue weighted by atomic mass is 14.9. The molecule has 0 radical (unpaired) electrons. The van der Waals surface area contributed by atoms with E-state index in [0.717, 1.165) is 13.0 Å². The minimum atomic E-state index is 0.601. The van der Waals surface area contributed by atoms with E-state index in [1.165, 1.54) is 24.0 Å². The van der Waals surface area contributed by atoms with Crippen molar-refractivity contribution in [3.05, 3.63) is 29.6 Å². The standard InChI is InChI=1S/C13H22N2/c1-4-8-15-12(3)5-6-13-10-14-9-7-11(13)2/h7,9-10,12,15H,4-6,8H2,1-3H3. The number of hydrogen-bond acceptors (Lipinski definition) is 2. The lowest BCUT2D eigenvalue weighted by Crippen LogP contribution is -2.27. The third-order valence-electron chi connectivity index (χ3n) is 2.74. The van der Waals surface area contributed by atoms with E-state index in [-0.39, 0.29) is 0 Å². The molecule has 0 aromatic carbocycles. The molecule has 0 aliphatic heterocycles. The van der Waals surface area contributed by atoms with Crippen LogP contribution in [0.3, 0.4) is 0 Å². The molecule has 0 saturated carbocycles. The van der Waals surface area contributed by atoms with Gasteiger partial charge in [-0.15, -0.1) is 0 Å². The van der Waals surface area contributed by atoms with Crippen molar-refractivity contribution in [2.24, 2.45) is 0 Å². The van der Waals surface area contributed by atoms with Crippen LogP contribution in [-0.4, -0.2) is 17.6 Å². The lowest BCUT2D eigenvalue weighted by molar-refractivity contribution is 0.513. The van der Waals surface area contributed by atoms with E-state index in [1.807, 2.05) is 12.4 Å². The quantitative estimate of drug-likeness (QED) is 0.774. The molecule has 0 bridgehead atoms. The molecule has 2 nitrogen and oxygen atoms in total. The van der Waals surface area contributed by atoms with E-state index in [2.05, 4.69) is 37.1 Å². The fraction of sp³-hybridized carbons (Fsp3) is 0.615. The fourth-order valence-electron chi connectivity index (χ4n) is 1.62. The number of hydrogen-bond donors (Lipinski definition) is 1. The first-order valence-electron chi connectivity index (χ1n) is 5.87. The SMILES string of the molecule is CCCNC(C)CCc1cnccc1C. The number of aromatic nitrogens is 1. The Labute approximate surface area is 93.1 Å². The number of pyridine rings is 1. The number of nitrogens with one attached hydrogen (secondary N) is 1. The molecule has 84 valence electrons. The summed E-state index contributed by atoms with van der Waals surface area (Å²) in [6.45, 7) is 7.72. The van der Waals surface area contributed by atoms with Crippen LogP contribution >= 0.6 is 0 Å². The Morgan fingerprint density at radius 3 is 2.93 bits per heavy atom. The summed E-state index contributed by atoms with van der Waals surface area (Å²) >= 11 is 0. The lowest BCUT2D eigenvalue weighted by Gasteiger charge is -2.13. The lowest BCUT2D eigenvalue weighted by atomic mass is 10.0. The van der Waals surface area contributed by atoms with Gasteiger partial charge < -0.3 is 5.32 Å². The molecule has 1 rings (SSSR count). The van der Waals surface area contributed by atoms with E-state index in [9.17, 15) is 0 Å². The normalized spacial score (nSPS) is 12.7. The molecule has 0 aliphatic rings. The van der Waals surface area contributed by atoms with Crippen LogP contribution in [0.15, 0.2) is 18.5 Å². The second kappa shape index (κ2) is 6.57. The highest BCUT2D eigenvalue weighted by Gasteiger charge is 2.02. The minimum Gasteiger partial charge on any atom is -0.314 e. The van der Waals surface area contributed by atoms with Crippen LogP contribution in [0.5, 0.6) is 0 Å². The van der Waals surface area contributed by atoms with Crippen molar-refractivity contribution in [3.8, 4) is 0 Å². The van der Waals surface area contributed by atoms with Gasteiger partial charge in [0.25, 0.3) is 0 Å². The first kappa shape index (κ1) is 12.2. The molecule has 1 heterocycles. The van der Waals surface area contributed by atoms with E-state index >= 15 is 0 Å². The third kappa shape index (κ3) is 4.43. The summed E-state index contributed by atoms with van der Waals surface area (Å²) in [4.78, 5) is 4.17. The van der Waals surface area contributed by atoms with Crippen molar-refractivity contribution < 1.29 is 0 Å². The van der Waals surface area contributed by atoms with Gasteiger partial charge in [-0.2, -0.15) is 0 Å². The summed E-state index contributed by atoms with van der Waals surface area (Å²) in [7, 11) is 0. The molecule has 1 aromatic heterocycles. The molecule has 1 unspecified atom stereocenters. The molecular weight excluding hydrogens is 184 g/mol. The Bertz CT molecular complexity index is 284. The Hall–Kier alpha value is -0.890. The Morgan fingerprint density at radius 1 is 1.47 bits per heavy atom. The second-order valence-electron chi connectivity index (χ2n) is 4.20. The van der Waals surface area contributed by atoms with Crippen molar-refractivity contribution in [1.29, 1.82) is 0 Å². The van der Waals surface area contributed by atoms with E-state index in [0.29, 0.717) is 6.04 Å². The fourth-order valence-corrected chi connectivity index (χ4v) is 1.62. The van der Waals surface area contributed by atoms with Crippen LogP contribution < -0.4 is 5.32 Å². The summed E-state index contributed by atoms with van der Waals surface area (Å²) in [6.07, 6.45) is 7.36. The smallest absolute Gasteiger partial charge is 0.0302 e. The second-order valence-corrected chi connectivity index (χ2v) is 4.20. The Balaban J connectivity index is 2.33. The Kier molecular flexibility index (Phi) is 5.33. The summed E-state index contributed by atoms with van der Waals surface area (Å²) in [5, 5.41) is 3.50.